The zero-order valence-electron chi connectivity index (χ0n) is 21.1. The highest BCUT2D eigenvalue weighted by Gasteiger charge is 2.27. The molecule has 10 nitrogen and oxygen atoms in total. The van der Waals surface area contributed by atoms with Gasteiger partial charge in [0.1, 0.15) is 17.7 Å². The Morgan fingerprint density at radius 3 is 2.65 bits per heavy atom. The zero-order valence-corrected chi connectivity index (χ0v) is 22.7. The van der Waals surface area contributed by atoms with Gasteiger partial charge >= 0.3 is 11.8 Å². The molecule has 1 aliphatic rings. The van der Waals surface area contributed by atoms with Gasteiger partial charge < -0.3 is 19.7 Å². The molecule has 1 fully saturated rings. The summed E-state index contributed by atoms with van der Waals surface area (Å²) in [6, 6.07) is 10.6. The van der Waals surface area contributed by atoms with Crippen LogP contribution in [0.1, 0.15) is 40.0 Å². The van der Waals surface area contributed by atoms with Crippen molar-refractivity contribution in [2.45, 2.75) is 45.6 Å². The number of rotatable bonds is 7. The number of hydrogen-bond donors (Lipinski definition) is 1. The topological polar surface area (TPSA) is 120 Å². The maximum Gasteiger partial charge on any atom is 0.410 e. The van der Waals surface area contributed by atoms with E-state index in [1.54, 1.807) is 11.0 Å². The van der Waals surface area contributed by atoms with Gasteiger partial charge in [-0.25, -0.2) is 14.8 Å². The van der Waals surface area contributed by atoms with Crippen molar-refractivity contribution in [1.82, 2.24) is 14.9 Å². The number of nitro groups is 1. The van der Waals surface area contributed by atoms with Gasteiger partial charge in [-0.15, -0.1) is 0 Å². The number of piperidine rings is 1. The number of likely N-dealkylation sites (tertiary alicyclic amines) is 1. The highest BCUT2D eigenvalue weighted by molar-refractivity contribution is 9.10. The van der Waals surface area contributed by atoms with E-state index in [9.17, 15) is 14.9 Å². The van der Waals surface area contributed by atoms with Crippen LogP contribution in [0.3, 0.4) is 0 Å². The summed E-state index contributed by atoms with van der Waals surface area (Å²) in [6.45, 7) is 7.14. The molecule has 0 radical (unpaired) electrons. The number of aromatic nitrogens is 2. The molecule has 0 atom stereocenters. The van der Waals surface area contributed by atoms with Gasteiger partial charge in [-0.05, 0) is 64.2 Å². The maximum atomic E-state index is 12.3. The minimum Gasteiger partial charge on any atom is -0.487 e. The molecule has 0 saturated carbocycles. The third-order valence-corrected chi connectivity index (χ3v) is 6.54. The van der Waals surface area contributed by atoms with Crippen molar-refractivity contribution in [3.8, 4) is 5.75 Å². The highest BCUT2D eigenvalue weighted by atomic mass is 79.9. The van der Waals surface area contributed by atoms with Crippen LogP contribution in [0.15, 0.2) is 47.2 Å². The van der Waals surface area contributed by atoms with E-state index >= 15 is 0 Å². The number of ether oxygens (including phenoxy) is 2. The number of halogens is 1. The fraction of sp³-hybridized carbons (Fsp3) is 0.423. The largest absolute Gasteiger partial charge is 0.487 e. The van der Waals surface area contributed by atoms with Crippen molar-refractivity contribution < 1.29 is 19.2 Å². The van der Waals surface area contributed by atoms with Gasteiger partial charge in [-0.2, -0.15) is 0 Å². The van der Waals surface area contributed by atoms with E-state index in [0.29, 0.717) is 42.3 Å². The number of anilines is 2. The summed E-state index contributed by atoms with van der Waals surface area (Å²) in [5.74, 6) is 1.01. The molecule has 1 N–H and O–H groups in total. The molecule has 2 aromatic carbocycles. The number of carbonyl (C=O) groups is 1. The molecule has 2 heterocycles. The third-order valence-electron chi connectivity index (χ3n) is 6.05. The Balaban J connectivity index is 1.40. The van der Waals surface area contributed by atoms with Crippen molar-refractivity contribution in [2.24, 2.45) is 5.92 Å². The van der Waals surface area contributed by atoms with E-state index in [4.69, 9.17) is 9.47 Å². The molecular formula is C26H30BrN5O5. The summed E-state index contributed by atoms with van der Waals surface area (Å²) in [7, 11) is 0. The highest BCUT2D eigenvalue weighted by Crippen LogP contribution is 2.35. The lowest BCUT2D eigenvalue weighted by atomic mass is 9.94. The van der Waals surface area contributed by atoms with Crippen LogP contribution in [0.25, 0.3) is 10.9 Å². The Morgan fingerprint density at radius 1 is 1.22 bits per heavy atom. The average molecular weight is 572 g/mol. The van der Waals surface area contributed by atoms with Crippen molar-refractivity contribution in [3.63, 3.8) is 0 Å². The number of fused-ring (bicyclic) bond motifs is 1. The summed E-state index contributed by atoms with van der Waals surface area (Å²) in [4.78, 5) is 34.0. The average Bonchev–Trinajstić information content (AvgIpc) is 2.83. The van der Waals surface area contributed by atoms with Crippen LogP contribution in [0.5, 0.6) is 5.75 Å². The van der Waals surface area contributed by atoms with E-state index in [0.717, 1.165) is 29.4 Å². The number of carbonyl (C=O) groups excluding carboxylic acids is 1. The van der Waals surface area contributed by atoms with E-state index < -0.39 is 10.5 Å². The van der Waals surface area contributed by atoms with Crippen molar-refractivity contribution in [2.75, 3.05) is 25.0 Å². The lowest BCUT2D eigenvalue weighted by molar-refractivity contribution is -0.385. The minimum absolute atomic E-state index is 0.140. The van der Waals surface area contributed by atoms with Gasteiger partial charge in [0.25, 0.3) is 0 Å². The second-order valence-corrected chi connectivity index (χ2v) is 10.9. The van der Waals surface area contributed by atoms with Gasteiger partial charge in [0.2, 0.25) is 0 Å². The van der Waals surface area contributed by atoms with Crippen LogP contribution in [0.4, 0.5) is 22.0 Å². The van der Waals surface area contributed by atoms with Crippen molar-refractivity contribution >= 4 is 50.1 Å². The van der Waals surface area contributed by atoms with Gasteiger partial charge in [0.15, 0.2) is 5.75 Å². The normalized spacial score (nSPS) is 14.4. The molecule has 0 bridgehead atoms. The number of nitro benzene ring substituents is 1. The first-order valence-corrected chi connectivity index (χ1v) is 12.9. The summed E-state index contributed by atoms with van der Waals surface area (Å²) in [6.07, 6.45) is 3.53. The van der Waals surface area contributed by atoms with Crippen molar-refractivity contribution in [3.05, 3.63) is 57.3 Å². The van der Waals surface area contributed by atoms with E-state index in [1.807, 2.05) is 45.0 Å². The summed E-state index contributed by atoms with van der Waals surface area (Å²) in [5, 5.41) is 15.6. The molecule has 1 aliphatic heterocycles. The first kappa shape index (κ1) is 26.6. The van der Waals surface area contributed by atoms with Crippen LogP contribution >= 0.6 is 15.9 Å². The minimum atomic E-state index is -0.517. The Morgan fingerprint density at radius 2 is 1.97 bits per heavy atom. The molecule has 1 amide bonds. The molecule has 4 rings (SSSR count). The Hall–Kier alpha value is -3.47. The molecule has 1 saturated heterocycles. The predicted octanol–water partition coefficient (Wildman–Crippen LogP) is 6.46. The van der Waals surface area contributed by atoms with E-state index in [2.05, 4.69) is 31.2 Å². The van der Waals surface area contributed by atoms with E-state index in [-0.39, 0.29) is 17.5 Å². The molecule has 3 aromatic rings. The molecule has 37 heavy (non-hydrogen) atoms. The Bertz CT molecular complexity index is 1290. The summed E-state index contributed by atoms with van der Waals surface area (Å²) in [5.41, 5.74) is 0.671. The van der Waals surface area contributed by atoms with Crippen LogP contribution in [-0.2, 0) is 4.74 Å². The monoisotopic (exact) mass is 571 g/mol. The van der Waals surface area contributed by atoms with Gasteiger partial charge in [-0.1, -0.05) is 22.0 Å². The zero-order chi connectivity index (χ0) is 26.6. The van der Waals surface area contributed by atoms with E-state index in [1.165, 1.54) is 12.4 Å². The number of benzene rings is 2. The molecule has 11 heteroatoms. The molecule has 1 aromatic heterocycles. The summed E-state index contributed by atoms with van der Waals surface area (Å²) >= 11 is 3.44. The lowest BCUT2D eigenvalue weighted by Gasteiger charge is -2.33. The number of amides is 1. The fourth-order valence-corrected chi connectivity index (χ4v) is 4.60. The van der Waals surface area contributed by atoms with Gasteiger partial charge in [0, 0.05) is 35.4 Å². The summed E-state index contributed by atoms with van der Waals surface area (Å²) < 4.78 is 12.2. The second kappa shape index (κ2) is 11.3. The second-order valence-electron chi connectivity index (χ2n) is 10.00. The SMILES string of the molecule is CC(C)(C)OC(=O)N1CCC(CCOc2cc3ncnc(Nc4cccc(Br)c4)c3cc2[N+](=O)[O-])CC1. The fourth-order valence-electron chi connectivity index (χ4n) is 4.20. The molecule has 0 spiro atoms. The lowest BCUT2D eigenvalue weighted by Crippen LogP contribution is -2.41. The maximum absolute atomic E-state index is 12.3. The molecule has 0 aliphatic carbocycles. The third kappa shape index (κ3) is 7.06. The quantitative estimate of drug-likeness (QED) is 0.253. The number of nitrogens with one attached hydrogen (secondary N) is 1. The smallest absolute Gasteiger partial charge is 0.410 e. The Labute approximate surface area is 223 Å². The standard InChI is InChI=1S/C26H30BrN5O5/c1-26(2,3)37-25(33)31-10-7-17(8-11-31)9-12-36-23-15-21-20(14-22(23)32(34)35)24(29-16-28-21)30-19-6-4-5-18(27)13-19/h4-6,13-17H,7-12H2,1-3H3,(H,28,29,30). The first-order valence-electron chi connectivity index (χ1n) is 12.2. The number of hydrogen-bond acceptors (Lipinski definition) is 8. The van der Waals surface area contributed by atoms with Gasteiger partial charge in [-0.3, -0.25) is 10.1 Å². The molecule has 196 valence electrons. The molecular weight excluding hydrogens is 542 g/mol. The Kier molecular flexibility index (Phi) is 8.11. The van der Waals surface area contributed by atoms with Crippen LogP contribution < -0.4 is 10.1 Å². The van der Waals surface area contributed by atoms with Crippen LogP contribution in [0, 0.1) is 16.0 Å². The van der Waals surface area contributed by atoms with Crippen LogP contribution in [0.2, 0.25) is 0 Å². The first-order chi connectivity index (χ1) is 17.6. The van der Waals surface area contributed by atoms with Gasteiger partial charge in [0.05, 0.1) is 22.4 Å². The number of nitrogens with zero attached hydrogens (tertiary/aromatic N) is 4. The molecule has 0 unspecified atom stereocenters. The van der Waals surface area contributed by atoms with Crippen LogP contribution in [-0.4, -0.2) is 51.2 Å². The predicted molar refractivity (Wildman–Crippen MR) is 144 cm³/mol. The van der Waals surface area contributed by atoms with Crippen molar-refractivity contribution in [1.29, 1.82) is 0 Å².